The van der Waals surface area contributed by atoms with Gasteiger partial charge >= 0.3 is 5.88 Å². The van der Waals surface area contributed by atoms with Crippen LogP contribution in [0.15, 0.2) is 81.7 Å². The molecule has 0 bridgehead atoms. The van der Waals surface area contributed by atoms with E-state index in [9.17, 15) is 10.1 Å². The quantitative estimate of drug-likeness (QED) is 0.197. The lowest BCUT2D eigenvalue weighted by molar-refractivity contribution is -0.402. The molecule has 2 heterocycles. The Morgan fingerprint density at radius 2 is 1.81 bits per heavy atom. The first-order valence-corrected chi connectivity index (χ1v) is 10.4. The summed E-state index contributed by atoms with van der Waals surface area (Å²) >= 11 is 1.31. The lowest BCUT2D eigenvalue weighted by atomic mass is 10.3. The normalized spacial score (nSPS) is 11.0. The van der Waals surface area contributed by atoms with E-state index < -0.39 is 4.92 Å². The van der Waals surface area contributed by atoms with Crippen molar-refractivity contribution in [2.45, 2.75) is 11.8 Å². The van der Waals surface area contributed by atoms with Gasteiger partial charge in [-0.05, 0) is 53.9 Å². The number of hydrogen-bond donors (Lipinski definition) is 0. The first-order chi connectivity index (χ1) is 15.6. The van der Waals surface area contributed by atoms with Crippen molar-refractivity contribution in [3.8, 4) is 17.2 Å². The van der Waals surface area contributed by atoms with E-state index in [4.69, 9.17) is 13.9 Å². The fourth-order valence-electron chi connectivity index (χ4n) is 2.82. The van der Waals surface area contributed by atoms with Crippen LogP contribution in [0.1, 0.15) is 11.6 Å². The van der Waals surface area contributed by atoms with E-state index in [0.717, 1.165) is 11.4 Å². The summed E-state index contributed by atoms with van der Waals surface area (Å²) in [7, 11) is 1.61. The number of furan rings is 1. The zero-order chi connectivity index (χ0) is 22.3. The van der Waals surface area contributed by atoms with Gasteiger partial charge in [0.25, 0.3) is 0 Å². The number of ether oxygens (including phenoxy) is 2. The molecule has 0 aliphatic carbocycles. The van der Waals surface area contributed by atoms with E-state index in [1.54, 1.807) is 18.6 Å². The van der Waals surface area contributed by atoms with E-state index in [0.29, 0.717) is 22.5 Å². The summed E-state index contributed by atoms with van der Waals surface area (Å²) in [5.74, 6) is 2.12. The smallest absolute Gasteiger partial charge is 0.433 e. The summed E-state index contributed by atoms with van der Waals surface area (Å²) < 4.78 is 18.1. The first-order valence-electron chi connectivity index (χ1n) is 9.48. The van der Waals surface area contributed by atoms with Crippen molar-refractivity contribution >= 4 is 23.7 Å². The molecule has 0 saturated carbocycles. The summed E-state index contributed by atoms with van der Waals surface area (Å²) in [5.41, 5.74) is 0.885. The third-order valence-electron chi connectivity index (χ3n) is 4.34. The minimum atomic E-state index is -0.578. The number of hydrogen-bond acceptors (Lipinski definition) is 8. The van der Waals surface area contributed by atoms with Crippen molar-refractivity contribution in [3.05, 3.63) is 93.8 Å². The lowest BCUT2D eigenvalue weighted by Gasteiger charge is -2.10. The van der Waals surface area contributed by atoms with Crippen LogP contribution in [-0.2, 0) is 6.61 Å². The summed E-state index contributed by atoms with van der Waals surface area (Å²) in [4.78, 5) is 10.2. The molecule has 0 radical (unpaired) electrons. The molecule has 0 amide bonds. The topological polar surface area (TPSA) is 105 Å². The fraction of sp³-hybridized carbons (Fsp3) is 0.0909. The number of para-hydroxylation sites is 1. The van der Waals surface area contributed by atoms with Crippen molar-refractivity contribution in [2.24, 2.45) is 0 Å². The summed E-state index contributed by atoms with van der Waals surface area (Å²) in [6, 6.07) is 19.8. The Balaban J connectivity index is 1.53. The fourth-order valence-corrected chi connectivity index (χ4v) is 3.55. The van der Waals surface area contributed by atoms with Crippen LogP contribution in [0.25, 0.3) is 11.8 Å². The van der Waals surface area contributed by atoms with Crippen molar-refractivity contribution < 1.29 is 18.8 Å². The maximum Gasteiger partial charge on any atom is 0.433 e. The Morgan fingerprint density at radius 1 is 1.06 bits per heavy atom. The number of nitro groups is 1. The summed E-state index contributed by atoms with van der Waals surface area (Å²) in [5, 5.41) is 21.7. The van der Waals surface area contributed by atoms with Crippen LogP contribution >= 0.6 is 11.8 Å². The Bertz CT molecular complexity index is 1220. The van der Waals surface area contributed by atoms with E-state index in [1.807, 2.05) is 59.2 Å². The predicted molar refractivity (Wildman–Crippen MR) is 119 cm³/mol. The highest BCUT2D eigenvalue weighted by Gasteiger charge is 2.15. The van der Waals surface area contributed by atoms with Crippen LogP contribution in [0, 0.1) is 10.1 Å². The minimum Gasteiger partial charge on any atom is -0.497 e. The molecule has 0 aliphatic rings. The minimum absolute atomic E-state index is 0.211. The molecular formula is C22H18N4O5S. The number of methoxy groups -OCH3 is 1. The molecule has 0 saturated heterocycles. The summed E-state index contributed by atoms with van der Waals surface area (Å²) in [6.07, 6.45) is 1.63. The van der Waals surface area contributed by atoms with Crippen LogP contribution in [-0.4, -0.2) is 26.8 Å². The first kappa shape index (κ1) is 21.2. The molecule has 0 atom stereocenters. The maximum absolute atomic E-state index is 10.8. The molecule has 0 N–H and O–H groups in total. The highest BCUT2D eigenvalue weighted by molar-refractivity contribution is 8.02. The second-order valence-electron chi connectivity index (χ2n) is 6.39. The molecule has 0 aliphatic heterocycles. The second-order valence-corrected chi connectivity index (χ2v) is 7.26. The molecule has 2 aromatic carbocycles. The van der Waals surface area contributed by atoms with Gasteiger partial charge in [0.2, 0.25) is 0 Å². The Hall–Kier alpha value is -4.05. The number of aromatic nitrogens is 3. The molecule has 10 heteroatoms. The van der Waals surface area contributed by atoms with Crippen molar-refractivity contribution in [1.82, 2.24) is 14.8 Å². The van der Waals surface area contributed by atoms with Crippen LogP contribution < -0.4 is 9.47 Å². The molecule has 4 rings (SSSR count). The average molecular weight is 450 g/mol. The van der Waals surface area contributed by atoms with Crippen LogP contribution in [0.2, 0.25) is 0 Å². The zero-order valence-electron chi connectivity index (χ0n) is 17.0. The van der Waals surface area contributed by atoms with Crippen LogP contribution in [0.5, 0.6) is 11.5 Å². The molecule has 0 spiro atoms. The van der Waals surface area contributed by atoms with E-state index in [1.165, 1.54) is 23.9 Å². The number of rotatable bonds is 9. The number of nitrogens with zero attached hydrogens (tertiary/aromatic N) is 4. The average Bonchev–Trinajstić information content (AvgIpc) is 3.46. The van der Waals surface area contributed by atoms with Crippen molar-refractivity contribution in [1.29, 1.82) is 0 Å². The second kappa shape index (κ2) is 9.84. The van der Waals surface area contributed by atoms with Gasteiger partial charge in [-0.3, -0.25) is 14.7 Å². The molecule has 0 unspecified atom stereocenters. The van der Waals surface area contributed by atoms with Gasteiger partial charge in [0, 0.05) is 5.69 Å². The number of benzene rings is 2. The third kappa shape index (κ3) is 4.98. The van der Waals surface area contributed by atoms with E-state index >= 15 is 0 Å². The standard InChI is InChI=1S/C22H18N4O5S/c1-29-17-7-9-18(10-8-17)30-15-20-23-24-22(25(20)16-5-3-2-4-6-16)32-14-13-19-11-12-21(31-19)26(27)28/h2-14H,15H2,1H3/b14-13+. The van der Waals surface area contributed by atoms with Crippen molar-refractivity contribution in [3.63, 3.8) is 0 Å². The zero-order valence-corrected chi connectivity index (χ0v) is 17.8. The molecular weight excluding hydrogens is 432 g/mol. The largest absolute Gasteiger partial charge is 0.497 e. The van der Waals surface area contributed by atoms with Gasteiger partial charge in [-0.25, -0.2) is 0 Å². The van der Waals surface area contributed by atoms with Crippen LogP contribution in [0.3, 0.4) is 0 Å². The van der Waals surface area contributed by atoms with E-state index in [2.05, 4.69) is 10.2 Å². The SMILES string of the molecule is COc1ccc(OCc2nnc(S/C=C/c3ccc([N+](=O)[O-])o3)n2-c2ccccc2)cc1. The number of thioether (sulfide) groups is 1. The van der Waals surface area contributed by atoms with Crippen molar-refractivity contribution in [2.75, 3.05) is 7.11 Å². The lowest BCUT2D eigenvalue weighted by Crippen LogP contribution is -2.06. The van der Waals surface area contributed by atoms with Crippen LogP contribution in [0.4, 0.5) is 5.88 Å². The molecule has 0 fully saturated rings. The maximum atomic E-state index is 10.8. The molecule has 2 aromatic heterocycles. The monoisotopic (exact) mass is 450 g/mol. The van der Waals surface area contributed by atoms with Gasteiger partial charge in [0.1, 0.15) is 28.8 Å². The van der Waals surface area contributed by atoms with E-state index in [-0.39, 0.29) is 12.5 Å². The summed E-state index contributed by atoms with van der Waals surface area (Å²) in [6.45, 7) is 0.211. The highest BCUT2D eigenvalue weighted by Crippen LogP contribution is 2.26. The Kier molecular flexibility index (Phi) is 6.52. The van der Waals surface area contributed by atoms with Gasteiger partial charge in [0.15, 0.2) is 11.0 Å². The molecule has 4 aromatic rings. The Morgan fingerprint density at radius 3 is 2.50 bits per heavy atom. The molecule has 162 valence electrons. The Labute approximate surface area is 187 Å². The van der Waals surface area contributed by atoms with Gasteiger partial charge in [-0.1, -0.05) is 30.0 Å². The van der Waals surface area contributed by atoms with Gasteiger partial charge in [0.05, 0.1) is 13.2 Å². The van der Waals surface area contributed by atoms with Gasteiger partial charge in [-0.2, -0.15) is 0 Å². The predicted octanol–water partition coefficient (Wildman–Crippen LogP) is 5.12. The molecule has 9 nitrogen and oxygen atoms in total. The third-order valence-corrected chi connectivity index (χ3v) is 5.09. The van der Waals surface area contributed by atoms with Gasteiger partial charge in [-0.15, -0.1) is 10.2 Å². The highest BCUT2D eigenvalue weighted by atomic mass is 32.2. The van der Waals surface area contributed by atoms with Gasteiger partial charge < -0.3 is 13.9 Å². The molecule has 32 heavy (non-hydrogen) atoms.